The lowest BCUT2D eigenvalue weighted by Gasteiger charge is -2.26. The SMILES string of the molecule is c1cc(-c2ccc(N(c3ccc(-c4cc5ccccc5c5ccccc45)cc3)c3ccc(-c4cccc5c4sc4c6ccccc6ccc54)cc3)cc2)cc(-n2c3ccccc3c3ccccc32)c1. The molecule has 0 N–H and O–H groups in total. The maximum Gasteiger partial charge on any atom is 0.0541 e. The number of para-hydroxylation sites is 2. The second-order valence-corrected chi connectivity index (χ2v) is 19.1. The first-order valence-corrected chi connectivity index (χ1v) is 24.5. The summed E-state index contributed by atoms with van der Waals surface area (Å²) in [5, 5.41) is 12.8. The van der Waals surface area contributed by atoms with Gasteiger partial charge in [-0.15, -0.1) is 11.3 Å². The van der Waals surface area contributed by atoms with Crippen LogP contribution in [0, 0.1) is 0 Å². The second kappa shape index (κ2) is 16.0. The van der Waals surface area contributed by atoms with Crippen LogP contribution in [0.15, 0.2) is 255 Å². The summed E-state index contributed by atoms with van der Waals surface area (Å²) in [6.07, 6.45) is 0. The van der Waals surface area contributed by atoms with E-state index in [1.54, 1.807) is 0 Å². The maximum atomic E-state index is 2.39. The molecule has 2 nitrogen and oxygen atoms in total. The topological polar surface area (TPSA) is 8.17 Å². The zero-order valence-corrected chi connectivity index (χ0v) is 38.4. The van der Waals surface area contributed by atoms with Gasteiger partial charge in [-0.1, -0.05) is 188 Å². The number of anilines is 3. The number of hydrogen-bond donors (Lipinski definition) is 0. The van der Waals surface area contributed by atoms with E-state index in [9.17, 15) is 0 Å². The summed E-state index contributed by atoms with van der Waals surface area (Å²) >= 11 is 1.91. The van der Waals surface area contributed by atoms with Crippen LogP contribution in [0.4, 0.5) is 17.1 Å². The van der Waals surface area contributed by atoms with Gasteiger partial charge < -0.3 is 9.47 Å². The zero-order chi connectivity index (χ0) is 45.4. The summed E-state index contributed by atoms with van der Waals surface area (Å²) in [6, 6.07) is 93.6. The molecule has 0 atom stereocenters. The van der Waals surface area contributed by atoms with Gasteiger partial charge in [0.25, 0.3) is 0 Å². The third kappa shape index (κ3) is 6.47. The lowest BCUT2D eigenvalue weighted by atomic mass is 9.93. The summed E-state index contributed by atoms with van der Waals surface area (Å²) in [6.45, 7) is 0. The maximum absolute atomic E-state index is 2.39. The molecule has 69 heavy (non-hydrogen) atoms. The van der Waals surface area contributed by atoms with Crippen LogP contribution < -0.4 is 4.90 Å². The zero-order valence-electron chi connectivity index (χ0n) is 37.6. The molecule has 0 aliphatic carbocycles. The number of aromatic nitrogens is 1. The van der Waals surface area contributed by atoms with Gasteiger partial charge in [0.1, 0.15) is 0 Å². The fourth-order valence-corrected chi connectivity index (χ4v) is 12.3. The van der Waals surface area contributed by atoms with Crippen LogP contribution in [0.25, 0.3) is 113 Å². The van der Waals surface area contributed by atoms with Gasteiger partial charge in [0.05, 0.1) is 11.0 Å². The van der Waals surface area contributed by atoms with E-state index in [4.69, 9.17) is 0 Å². The van der Waals surface area contributed by atoms with Crippen LogP contribution in [0.1, 0.15) is 0 Å². The van der Waals surface area contributed by atoms with Crippen LogP contribution >= 0.6 is 11.3 Å². The molecule has 0 fully saturated rings. The minimum atomic E-state index is 1.09. The molecule has 2 aromatic heterocycles. The molecule has 0 aliphatic rings. The molecular formula is C66H42N2S. The molecule has 322 valence electrons. The first kappa shape index (κ1) is 39.4. The van der Waals surface area contributed by atoms with Crippen LogP contribution in [0.5, 0.6) is 0 Å². The van der Waals surface area contributed by atoms with E-state index in [1.165, 1.54) is 108 Å². The number of thiophene rings is 1. The average molecular weight is 895 g/mol. The normalized spacial score (nSPS) is 11.8. The minimum absolute atomic E-state index is 1.09. The van der Waals surface area contributed by atoms with Crippen molar-refractivity contribution in [1.82, 2.24) is 4.57 Å². The summed E-state index contributed by atoms with van der Waals surface area (Å²) in [4.78, 5) is 2.39. The molecular weight excluding hydrogens is 853 g/mol. The van der Waals surface area contributed by atoms with E-state index in [0.29, 0.717) is 0 Å². The van der Waals surface area contributed by atoms with Crippen molar-refractivity contribution in [3.05, 3.63) is 255 Å². The second-order valence-electron chi connectivity index (χ2n) is 18.0. The average Bonchev–Trinajstić information content (AvgIpc) is 3.98. The minimum Gasteiger partial charge on any atom is -0.311 e. The van der Waals surface area contributed by atoms with Crippen molar-refractivity contribution < 1.29 is 0 Å². The molecule has 14 rings (SSSR count). The van der Waals surface area contributed by atoms with E-state index in [0.717, 1.165) is 22.7 Å². The smallest absolute Gasteiger partial charge is 0.0541 e. The van der Waals surface area contributed by atoms with Crippen molar-refractivity contribution >= 4 is 103 Å². The van der Waals surface area contributed by atoms with Crippen molar-refractivity contribution in [1.29, 1.82) is 0 Å². The van der Waals surface area contributed by atoms with Gasteiger partial charge in [-0.2, -0.15) is 0 Å². The van der Waals surface area contributed by atoms with E-state index >= 15 is 0 Å². The third-order valence-corrected chi connectivity index (χ3v) is 15.5. The highest BCUT2D eigenvalue weighted by Crippen LogP contribution is 2.45. The monoisotopic (exact) mass is 894 g/mol. The Morgan fingerprint density at radius 3 is 1.46 bits per heavy atom. The van der Waals surface area contributed by atoms with Crippen LogP contribution in [0.2, 0.25) is 0 Å². The molecule has 0 unspecified atom stereocenters. The van der Waals surface area contributed by atoms with E-state index in [1.807, 2.05) is 11.3 Å². The highest BCUT2D eigenvalue weighted by Gasteiger charge is 2.18. The van der Waals surface area contributed by atoms with Crippen molar-refractivity contribution in [2.45, 2.75) is 0 Å². The van der Waals surface area contributed by atoms with Crippen molar-refractivity contribution in [2.75, 3.05) is 4.90 Å². The molecule has 0 saturated heterocycles. The number of fused-ring (bicyclic) bond motifs is 11. The quantitative estimate of drug-likeness (QED) is 0.145. The van der Waals surface area contributed by atoms with Gasteiger partial charge >= 0.3 is 0 Å². The molecule has 0 radical (unpaired) electrons. The van der Waals surface area contributed by atoms with Gasteiger partial charge in [0.2, 0.25) is 0 Å². The Kier molecular flexibility index (Phi) is 9.11. The molecule has 0 aliphatic heterocycles. The lowest BCUT2D eigenvalue weighted by molar-refractivity contribution is 1.18. The molecule has 2 heterocycles. The van der Waals surface area contributed by atoms with Gasteiger partial charge in [0, 0.05) is 53.7 Å². The molecule has 12 aromatic carbocycles. The highest BCUT2D eigenvalue weighted by atomic mass is 32.1. The molecule has 14 aromatic rings. The Hall–Kier alpha value is -8.76. The van der Waals surface area contributed by atoms with Crippen molar-refractivity contribution in [3.8, 4) is 39.1 Å². The summed E-state index contributed by atoms with van der Waals surface area (Å²) in [7, 11) is 0. The van der Waals surface area contributed by atoms with Crippen LogP contribution in [-0.4, -0.2) is 4.57 Å². The number of rotatable bonds is 7. The Labute approximate surface area is 403 Å². The van der Waals surface area contributed by atoms with E-state index in [-0.39, 0.29) is 0 Å². The number of hydrogen-bond acceptors (Lipinski definition) is 2. The van der Waals surface area contributed by atoms with Crippen LogP contribution in [0.3, 0.4) is 0 Å². The summed E-state index contributed by atoms with van der Waals surface area (Å²) < 4.78 is 5.06. The Morgan fingerprint density at radius 2 is 0.783 bits per heavy atom. The molecule has 0 amide bonds. The first-order chi connectivity index (χ1) is 34.2. The fourth-order valence-electron chi connectivity index (χ4n) is 10.9. The molecule has 0 bridgehead atoms. The van der Waals surface area contributed by atoms with E-state index < -0.39 is 0 Å². The summed E-state index contributed by atoms with van der Waals surface area (Å²) in [5.74, 6) is 0. The van der Waals surface area contributed by atoms with Crippen molar-refractivity contribution in [2.24, 2.45) is 0 Å². The van der Waals surface area contributed by atoms with Crippen LogP contribution in [-0.2, 0) is 0 Å². The largest absolute Gasteiger partial charge is 0.311 e. The standard InChI is InChI=1S/C66H42N2S/c1-4-18-54-44(13-1)33-40-61-60-24-12-23-55(65(60)69-66(54)61)45-29-36-50(37-30-45)67(51-38-31-46(32-39-51)62-42-48-14-2-3-17-53(48)56-19-5-6-20-57(56)62)49-34-27-43(28-35-49)47-15-11-16-52(41-47)68-63-25-9-7-21-58(63)59-22-8-10-26-64(59)68/h1-42H. The Morgan fingerprint density at radius 1 is 0.275 bits per heavy atom. The highest BCUT2D eigenvalue weighted by molar-refractivity contribution is 7.27. The predicted molar refractivity (Wildman–Crippen MR) is 297 cm³/mol. The predicted octanol–water partition coefficient (Wildman–Crippen LogP) is 19.1. The lowest BCUT2D eigenvalue weighted by Crippen LogP contribution is -2.09. The Bertz CT molecular complexity index is 4240. The molecule has 0 spiro atoms. The van der Waals surface area contributed by atoms with Gasteiger partial charge in [-0.05, 0) is 132 Å². The van der Waals surface area contributed by atoms with E-state index in [2.05, 4.69) is 264 Å². The van der Waals surface area contributed by atoms with Gasteiger partial charge in [0.15, 0.2) is 0 Å². The van der Waals surface area contributed by atoms with Gasteiger partial charge in [-0.3, -0.25) is 0 Å². The number of nitrogens with zero attached hydrogens (tertiary/aromatic N) is 2. The molecule has 3 heteroatoms. The third-order valence-electron chi connectivity index (χ3n) is 14.2. The first-order valence-electron chi connectivity index (χ1n) is 23.7. The molecule has 0 saturated carbocycles. The van der Waals surface area contributed by atoms with Gasteiger partial charge in [-0.25, -0.2) is 0 Å². The van der Waals surface area contributed by atoms with Crippen molar-refractivity contribution in [3.63, 3.8) is 0 Å². The number of benzene rings is 12. The summed E-state index contributed by atoms with van der Waals surface area (Å²) in [5.41, 5.74) is 14.1. The Balaban J connectivity index is 0.865. The fraction of sp³-hybridized carbons (Fsp3) is 0.